The topological polar surface area (TPSA) is 59.6 Å². The molecule has 0 spiro atoms. The minimum absolute atomic E-state index is 0.425. The molecule has 0 atom stereocenters. The lowest BCUT2D eigenvalue weighted by atomic mass is 10.4. The Labute approximate surface area is 79.4 Å². The van der Waals surface area contributed by atoms with Gasteiger partial charge >= 0.3 is 0 Å². The third kappa shape index (κ3) is 1.67. The van der Waals surface area contributed by atoms with Crippen LogP contribution in [0.3, 0.4) is 0 Å². The number of tetrazole rings is 1. The maximum absolute atomic E-state index is 5.37. The number of aromatic amines is 1. The van der Waals surface area contributed by atoms with Gasteiger partial charge in [-0.05, 0) is 31.3 Å². The first kappa shape index (κ1) is 8.18. The average Bonchev–Trinajstić information content (AvgIpc) is 2.64. The van der Waals surface area contributed by atoms with Crippen LogP contribution in [0.15, 0.2) is 16.5 Å². The molecule has 0 aliphatic rings. The minimum Gasteiger partial charge on any atom is -0.464 e. The van der Waals surface area contributed by atoms with Crippen molar-refractivity contribution in [2.45, 2.75) is 13.5 Å². The predicted molar refractivity (Wildman–Crippen MR) is 47.8 cm³/mol. The van der Waals surface area contributed by atoms with Crippen molar-refractivity contribution in [3.63, 3.8) is 0 Å². The maximum atomic E-state index is 5.37. The molecule has 0 unspecified atom stereocenters. The summed E-state index contributed by atoms with van der Waals surface area (Å²) in [5.41, 5.74) is 0. The molecule has 0 saturated carbocycles. The van der Waals surface area contributed by atoms with Gasteiger partial charge in [-0.1, -0.05) is 10.3 Å². The highest BCUT2D eigenvalue weighted by atomic mass is 32.1. The van der Waals surface area contributed by atoms with Crippen LogP contribution in [-0.4, -0.2) is 20.2 Å². The summed E-state index contributed by atoms with van der Waals surface area (Å²) < 4.78 is 7.43. The Kier molecular flexibility index (Phi) is 1.97. The summed E-state index contributed by atoms with van der Waals surface area (Å²) in [6.07, 6.45) is 0. The van der Waals surface area contributed by atoms with Crippen molar-refractivity contribution in [1.82, 2.24) is 20.2 Å². The summed E-state index contributed by atoms with van der Waals surface area (Å²) >= 11 is 4.91. The zero-order valence-electron chi connectivity index (χ0n) is 7.02. The van der Waals surface area contributed by atoms with E-state index < -0.39 is 0 Å². The first-order valence-electron chi connectivity index (χ1n) is 3.79. The summed E-state index contributed by atoms with van der Waals surface area (Å²) in [5, 5.41) is 9.87. The third-order valence-corrected chi connectivity index (χ3v) is 1.94. The van der Waals surface area contributed by atoms with Gasteiger partial charge in [0.2, 0.25) is 4.77 Å². The predicted octanol–water partition coefficient (Wildman–Crippen LogP) is 1.29. The number of aromatic nitrogens is 4. The molecule has 13 heavy (non-hydrogen) atoms. The number of nitrogens with zero attached hydrogens (tertiary/aromatic N) is 3. The fourth-order valence-electron chi connectivity index (χ4n) is 1.04. The summed E-state index contributed by atoms with van der Waals surface area (Å²) in [7, 11) is 0. The molecule has 0 saturated heterocycles. The SMILES string of the molecule is Cc1ccc(Cn2[nH]nnc2=S)o1. The van der Waals surface area contributed by atoms with Gasteiger partial charge in [0.05, 0.1) is 0 Å². The van der Waals surface area contributed by atoms with Gasteiger partial charge in [0.1, 0.15) is 18.1 Å². The molecule has 0 aromatic carbocycles. The van der Waals surface area contributed by atoms with Crippen LogP contribution in [0.2, 0.25) is 0 Å². The smallest absolute Gasteiger partial charge is 0.238 e. The van der Waals surface area contributed by atoms with E-state index in [0.29, 0.717) is 11.3 Å². The molecule has 2 rings (SSSR count). The Morgan fingerprint density at radius 2 is 2.46 bits per heavy atom. The second-order valence-corrected chi connectivity index (χ2v) is 3.05. The highest BCUT2D eigenvalue weighted by molar-refractivity contribution is 7.71. The molecule has 0 fully saturated rings. The van der Waals surface area contributed by atoms with Crippen molar-refractivity contribution in [3.05, 3.63) is 28.4 Å². The molecule has 2 aromatic heterocycles. The Morgan fingerprint density at radius 3 is 3.00 bits per heavy atom. The van der Waals surface area contributed by atoms with Crippen LogP contribution in [0.25, 0.3) is 0 Å². The highest BCUT2D eigenvalue weighted by Crippen LogP contribution is 2.07. The Bertz CT molecular complexity index is 455. The Balaban J connectivity index is 2.24. The van der Waals surface area contributed by atoms with Crippen LogP contribution in [0, 0.1) is 11.7 Å². The van der Waals surface area contributed by atoms with E-state index in [1.54, 1.807) is 4.68 Å². The molecule has 5 nitrogen and oxygen atoms in total. The monoisotopic (exact) mass is 196 g/mol. The van der Waals surface area contributed by atoms with Crippen LogP contribution >= 0.6 is 12.2 Å². The summed E-state index contributed by atoms with van der Waals surface area (Å²) in [4.78, 5) is 0. The van der Waals surface area contributed by atoms with Crippen molar-refractivity contribution in [2.24, 2.45) is 0 Å². The van der Waals surface area contributed by atoms with E-state index in [1.807, 2.05) is 19.1 Å². The van der Waals surface area contributed by atoms with Crippen LogP contribution in [-0.2, 0) is 6.54 Å². The van der Waals surface area contributed by atoms with Gasteiger partial charge in [-0.2, -0.15) is 5.21 Å². The molecule has 6 heteroatoms. The molecule has 0 amide bonds. The molecule has 0 bridgehead atoms. The lowest BCUT2D eigenvalue weighted by Gasteiger charge is -1.95. The lowest BCUT2D eigenvalue weighted by Crippen LogP contribution is -2.00. The molecular formula is C7H8N4OS. The summed E-state index contributed by atoms with van der Waals surface area (Å²) in [5.74, 6) is 1.72. The molecule has 1 N–H and O–H groups in total. The molecule has 0 aliphatic carbocycles. The second-order valence-electron chi connectivity index (χ2n) is 2.68. The Morgan fingerprint density at radius 1 is 1.62 bits per heavy atom. The molecule has 0 aliphatic heterocycles. The Hall–Kier alpha value is -1.43. The van der Waals surface area contributed by atoms with Crippen LogP contribution < -0.4 is 0 Å². The number of aryl methyl sites for hydroxylation is 1. The van der Waals surface area contributed by atoms with Crippen molar-refractivity contribution in [1.29, 1.82) is 0 Å². The summed E-state index contributed by atoms with van der Waals surface area (Å²) in [6, 6.07) is 3.81. The van der Waals surface area contributed by atoms with Gasteiger partial charge in [0.25, 0.3) is 0 Å². The zero-order chi connectivity index (χ0) is 9.26. The first-order chi connectivity index (χ1) is 6.25. The molecule has 0 radical (unpaired) electrons. The van der Waals surface area contributed by atoms with Crippen molar-refractivity contribution in [2.75, 3.05) is 0 Å². The van der Waals surface area contributed by atoms with Gasteiger partial charge in [0.15, 0.2) is 0 Å². The quantitative estimate of drug-likeness (QED) is 0.735. The van der Waals surface area contributed by atoms with E-state index in [-0.39, 0.29) is 0 Å². The minimum atomic E-state index is 0.425. The second kappa shape index (κ2) is 3.14. The van der Waals surface area contributed by atoms with Crippen LogP contribution in [0.5, 0.6) is 0 Å². The standard InChI is InChI=1S/C7H8N4OS/c1-5-2-3-6(12-5)4-11-7(13)8-9-10-11/h2-3H,4H2,1H3,(H,8,10,13). The number of hydrogen-bond donors (Lipinski definition) is 1. The van der Waals surface area contributed by atoms with E-state index in [0.717, 1.165) is 11.5 Å². The van der Waals surface area contributed by atoms with E-state index in [2.05, 4.69) is 15.5 Å². The fraction of sp³-hybridized carbons (Fsp3) is 0.286. The number of furan rings is 1. The van der Waals surface area contributed by atoms with E-state index >= 15 is 0 Å². The number of H-pyrrole nitrogens is 1. The lowest BCUT2D eigenvalue weighted by molar-refractivity contribution is 0.454. The number of rotatable bonds is 2. The van der Waals surface area contributed by atoms with Crippen molar-refractivity contribution in [3.8, 4) is 0 Å². The van der Waals surface area contributed by atoms with Gasteiger partial charge in [-0.3, -0.25) is 0 Å². The third-order valence-electron chi connectivity index (χ3n) is 1.64. The fourth-order valence-corrected chi connectivity index (χ4v) is 1.19. The first-order valence-corrected chi connectivity index (χ1v) is 4.20. The normalized spacial score (nSPS) is 10.5. The van der Waals surface area contributed by atoms with E-state index in [9.17, 15) is 0 Å². The zero-order valence-corrected chi connectivity index (χ0v) is 7.84. The largest absolute Gasteiger partial charge is 0.464 e. The van der Waals surface area contributed by atoms with Crippen molar-refractivity contribution >= 4 is 12.2 Å². The highest BCUT2D eigenvalue weighted by Gasteiger charge is 2.01. The van der Waals surface area contributed by atoms with Gasteiger partial charge in [-0.15, -0.1) is 0 Å². The van der Waals surface area contributed by atoms with Gasteiger partial charge < -0.3 is 4.42 Å². The van der Waals surface area contributed by atoms with Crippen LogP contribution in [0.1, 0.15) is 11.5 Å². The molecular weight excluding hydrogens is 188 g/mol. The van der Waals surface area contributed by atoms with Gasteiger partial charge in [-0.25, -0.2) is 4.68 Å². The van der Waals surface area contributed by atoms with Crippen LogP contribution in [0.4, 0.5) is 0 Å². The van der Waals surface area contributed by atoms with Crippen molar-refractivity contribution < 1.29 is 4.42 Å². The molecule has 2 heterocycles. The number of nitrogens with one attached hydrogen (secondary N) is 1. The number of hydrogen-bond acceptors (Lipinski definition) is 4. The summed E-state index contributed by atoms with van der Waals surface area (Å²) in [6.45, 7) is 2.44. The van der Waals surface area contributed by atoms with Gasteiger partial charge in [0, 0.05) is 0 Å². The molecule has 2 aromatic rings. The molecule has 68 valence electrons. The van der Waals surface area contributed by atoms with E-state index in [4.69, 9.17) is 16.6 Å². The maximum Gasteiger partial charge on any atom is 0.238 e. The average molecular weight is 196 g/mol. The van der Waals surface area contributed by atoms with E-state index in [1.165, 1.54) is 0 Å².